The minimum Gasteiger partial charge on any atom is -0.451 e. The Morgan fingerprint density at radius 1 is 1.07 bits per heavy atom. The van der Waals surface area contributed by atoms with E-state index >= 15 is 0 Å². The van der Waals surface area contributed by atoms with E-state index in [4.69, 9.17) is 4.74 Å². The quantitative estimate of drug-likeness (QED) is 0.551. The summed E-state index contributed by atoms with van der Waals surface area (Å²) in [6.45, 7) is 1.32. The van der Waals surface area contributed by atoms with Crippen molar-refractivity contribution in [1.29, 1.82) is 0 Å². The normalized spacial score (nSPS) is 14.2. The maximum atomic E-state index is 12.5. The van der Waals surface area contributed by atoms with Gasteiger partial charge in [0.05, 0.1) is 6.42 Å². The SMILES string of the molecule is C[C@H](OC(=O)CN1C(=O)Cc2ccccc2C1=O)C(=O)N(C)Cc1ccccc1. The van der Waals surface area contributed by atoms with Gasteiger partial charge in [0.1, 0.15) is 6.54 Å². The number of fused-ring (bicyclic) bond motifs is 1. The number of rotatable bonds is 6. The van der Waals surface area contributed by atoms with Gasteiger partial charge in [0.25, 0.3) is 11.8 Å². The highest BCUT2D eigenvalue weighted by Crippen LogP contribution is 2.19. The van der Waals surface area contributed by atoms with Gasteiger partial charge in [-0.2, -0.15) is 0 Å². The zero-order valence-electron chi connectivity index (χ0n) is 16.3. The Morgan fingerprint density at radius 3 is 2.45 bits per heavy atom. The van der Waals surface area contributed by atoms with E-state index in [1.165, 1.54) is 11.8 Å². The Kier molecular flexibility index (Phi) is 6.07. The fourth-order valence-electron chi connectivity index (χ4n) is 3.22. The lowest BCUT2D eigenvalue weighted by atomic mass is 9.98. The summed E-state index contributed by atoms with van der Waals surface area (Å²) in [5.74, 6) is -2.18. The van der Waals surface area contributed by atoms with Gasteiger partial charge in [-0.15, -0.1) is 0 Å². The number of ether oxygens (including phenoxy) is 1. The van der Waals surface area contributed by atoms with Crippen LogP contribution in [-0.4, -0.2) is 53.2 Å². The van der Waals surface area contributed by atoms with Crippen LogP contribution < -0.4 is 0 Å². The van der Waals surface area contributed by atoms with Gasteiger partial charge in [0, 0.05) is 19.2 Å². The maximum Gasteiger partial charge on any atom is 0.326 e. The highest BCUT2D eigenvalue weighted by Gasteiger charge is 2.33. The predicted octanol–water partition coefficient (Wildman–Crippen LogP) is 1.80. The van der Waals surface area contributed by atoms with Gasteiger partial charge in [-0.25, -0.2) is 0 Å². The standard InChI is InChI=1S/C22H22N2O5/c1-15(21(27)23(2)13-16-8-4-3-5-9-16)29-20(26)14-24-19(25)12-17-10-6-7-11-18(17)22(24)28/h3-11,15H,12-14H2,1-2H3/t15-/m0/s1. The van der Waals surface area contributed by atoms with Crippen molar-refractivity contribution in [3.05, 3.63) is 71.3 Å². The van der Waals surface area contributed by atoms with Crippen molar-refractivity contribution in [2.75, 3.05) is 13.6 Å². The number of carbonyl (C=O) groups is 4. The zero-order valence-corrected chi connectivity index (χ0v) is 16.3. The number of benzene rings is 2. The second kappa shape index (κ2) is 8.68. The van der Waals surface area contributed by atoms with Crippen LogP contribution in [0.4, 0.5) is 0 Å². The van der Waals surface area contributed by atoms with Crippen molar-refractivity contribution >= 4 is 23.7 Å². The van der Waals surface area contributed by atoms with Gasteiger partial charge in [0.2, 0.25) is 5.91 Å². The lowest BCUT2D eigenvalue weighted by Crippen LogP contribution is -2.46. The molecule has 0 saturated heterocycles. The summed E-state index contributed by atoms with van der Waals surface area (Å²) in [7, 11) is 1.62. The molecule has 0 fully saturated rings. The molecule has 1 aliphatic heterocycles. The van der Waals surface area contributed by atoms with Crippen LogP contribution in [0.3, 0.4) is 0 Å². The van der Waals surface area contributed by atoms with Crippen LogP contribution in [0.15, 0.2) is 54.6 Å². The number of amides is 3. The first-order valence-electron chi connectivity index (χ1n) is 9.28. The summed E-state index contributed by atoms with van der Waals surface area (Å²) < 4.78 is 5.18. The average Bonchev–Trinajstić information content (AvgIpc) is 2.71. The van der Waals surface area contributed by atoms with Crippen LogP contribution in [0.25, 0.3) is 0 Å². The third kappa shape index (κ3) is 4.68. The molecule has 7 heteroatoms. The van der Waals surface area contributed by atoms with Gasteiger partial charge in [-0.1, -0.05) is 48.5 Å². The van der Waals surface area contributed by atoms with Crippen molar-refractivity contribution in [2.45, 2.75) is 26.0 Å². The van der Waals surface area contributed by atoms with Crippen LogP contribution in [-0.2, 0) is 32.1 Å². The van der Waals surface area contributed by atoms with Crippen LogP contribution >= 0.6 is 0 Å². The number of carbonyl (C=O) groups excluding carboxylic acids is 4. The molecule has 29 heavy (non-hydrogen) atoms. The van der Waals surface area contributed by atoms with E-state index in [-0.39, 0.29) is 12.3 Å². The number of hydrogen-bond donors (Lipinski definition) is 0. The molecule has 3 rings (SSSR count). The number of esters is 1. The number of likely N-dealkylation sites (N-methyl/N-ethyl adjacent to an activating group) is 1. The topological polar surface area (TPSA) is 84.0 Å². The monoisotopic (exact) mass is 394 g/mol. The summed E-state index contributed by atoms with van der Waals surface area (Å²) in [4.78, 5) is 51.8. The van der Waals surface area contributed by atoms with Crippen molar-refractivity contribution in [1.82, 2.24) is 9.80 Å². The van der Waals surface area contributed by atoms with Gasteiger partial charge in [-0.05, 0) is 24.1 Å². The third-order valence-corrected chi connectivity index (χ3v) is 4.72. The molecule has 0 N–H and O–H groups in total. The molecule has 0 aromatic heterocycles. The summed E-state index contributed by atoms with van der Waals surface area (Å²) in [5.41, 5.74) is 1.98. The summed E-state index contributed by atoms with van der Waals surface area (Å²) in [6, 6.07) is 16.2. The molecule has 0 bridgehead atoms. The molecule has 2 aromatic rings. The van der Waals surface area contributed by atoms with E-state index in [0.29, 0.717) is 17.7 Å². The fraction of sp³-hybridized carbons (Fsp3) is 0.273. The Balaban J connectivity index is 1.58. The Labute approximate surface area is 168 Å². The van der Waals surface area contributed by atoms with Gasteiger partial charge >= 0.3 is 5.97 Å². The van der Waals surface area contributed by atoms with Gasteiger partial charge < -0.3 is 9.64 Å². The minimum atomic E-state index is -1.03. The third-order valence-electron chi connectivity index (χ3n) is 4.72. The summed E-state index contributed by atoms with van der Waals surface area (Å²) >= 11 is 0. The summed E-state index contributed by atoms with van der Waals surface area (Å²) in [6.07, 6.45) is -0.984. The second-order valence-electron chi connectivity index (χ2n) is 6.93. The Bertz CT molecular complexity index is 941. The first-order valence-corrected chi connectivity index (χ1v) is 9.28. The van der Waals surface area contributed by atoms with Crippen molar-refractivity contribution in [3.8, 4) is 0 Å². The lowest BCUT2D eigenvalue weighted by molar-refractivity contribution is -0.160. The molecule has 0 saturated carbocycles. The van der Waals surface area contributed by atoms with Gasteiger partial charge in [-0.3, -0.25) is 24.1 Å². The van der Waals surface area contributed by atoms with Crippen molar-refractivity contribution in [2.24, 2.45) is 0 Å². The van der Waals surface area contributed by atoms with Crippen LogP contribution in [0.2, 0.25) is 0 Å². The van der Waals surface area contributed by atoms with E-state index in [1.54, 1.807) is 31.3 Å². The fourth-order valence-corrected chi connectivity index (χ4v) is 3.22. The largest absolute Gasteiger partial charge is 0.451 e. The number of hydrogen-bond acceptors (Lipinski definition) is 5. The molecule has 0 aliphatic carbocycles. The molecule has 2 aromatic carbocycles. The molecule has 0 unspecified atom stereocenters. The first kappa shape index (κ1) is 20.3. The van der Waals surface area contributed by atoms with E-state index < -0.39 is 30.4 Å². The molecule has 0 spiro atoms. The average molecular weight is 394 g/mol. The molecular formula is C22H22N2O5. The van der Waals surface area contributed by atoms with Crippen molar-refractivity contribution in [3.63, 3.8) is 0 Å². The van der Waals surface area contributed by atoms with Crippen LogP contribution in [0, 0.1) is 0 Å². The van der Waals surface area contributed by atoms with E-state index in [9.17, 15) is 19.2 Å². The molecule has 7 nitrogen and oxygen atoms in total. The molecule has 0 radical (unpaired) electrons. The number of imide groups is 1. The molecule has 1 atom stereocenters. The zero-order chi connectivity index (χ0) is 21.0. The molecule has 1 aliphatic rings. The maximum absolute atomic E-state index is 12.5. The first-order chi connectivity index (χ1) is 13.9. The highest BCUT2D eigenvalue weighted by atomic mass is 16.5. The second-order valence-corrected chi connectivity index (χ2v) is 6.93. The lowest BCUT2D eigenvalue weighted by Gasteiger charge is -2.27. The van der Waals surface area contributed by atoms with Crippen LogP contribution in [0.1, 0.15) is 28.4 Å². The molecule has 3 amide bonds. The summed E-state index contributed by atoms with van der Waals surface area (Å²) in [5, 5.41) is 0. The van der Waals surface area contributed by atoms with E-state index in [0.717, 1.165) is 10.5 Å². The Hall–Kier alpha value is -3.48. The van der Waals surface area contributed by atoms with E-state index in [2.05, 4.69) is 0 Å². The predicted molar refractivity (Wildman–Crippen MR) is 105 cm³/mol. The molecular weight excluding hydrogens is 372 g/mol. The number of nitrogens with zero attached hydrogens (tertiary/aromatic N) is 2. The van der Waals surface area contributed by atoms with Gasteiger partial charge in [0.15, 0.2) is 6.10 Å². The molecule has 150 valence electrons. The van der Waals surface area contributed by atoms with E-state index in [1.807, 2.05) is 30.3 Å². The van der Waals surface area contributed by atoms with Crippen LogP contribution in [0.5, 0.6) is 0 Å². The highest BCUT2D eigenvalue weighted by molar-refractivity contribution is 6.11. The smallest absolute Gasteiger partial charge is 0.326 e. The van der Waals surface area contributed by atoms with Crippen molar-refractivity contribution < 1.29 is 23.9 Å². The minimum absolute atomic E-state index is 0.0451. The molecule has 1 heterocycles. The Morgan fingerprint density at radius 2 is 1.72 bits per heavy atom.